The zero-order chi connectivity index (χ0) is 20.3. The molecule has 0 N–H and O–H groups in total. The molecule has 0 aliphatic carbocycles. The number of nitrogens with zero attached hydrogens (tertiary/aromatic N) is 4. The van der Waals surface area contributed by atoms with Crippen LogP contribution in [0.25, 0.3) is 0 Å². The Balaban J connectivity index is 1.46. The molecular weight excluding hydrogens is 399 g/mol. The van der Waals surface area contributed by atoms with Crippen LogP contribution in [0, 0.1) is 0 Å². The number of rotatable bonds is 5. The second-order valence-corrected chi connectivity index (χ2v) is 8.92. The van der Waals surface area contributed by atoms with Gasteiger partial charge in [-0.2, -0.15) is 4.98 Å². The molecule has 1 saturated heterocycles. The predicted molar refractivity (Wildman–Crippen MR) is 110 cm³/mol. The van der Waals surface area contributed by atoms with Gasteiger partial charge in [-0.1, -0.05) is 61.3 Å². The van der Waals surface area contributed by atoms with Gasteiger partial charge in [0, 0.05) is 51.0 Å². The number of aryl methyl sites for hydroxylation is 1. The zero-order valence-corrected chi connectivity index (χ0v) is 18.1. The number of hydrogen-bond donors (Lipinski definition) is 0. The average molecular weight is 425 g/mol. The summed E-state index contributed by atoms with van der Waals surface area (Å²) >= 11 is 12.4. The number of carbonyl (C=O) groups is 1. The monoisotopic (exact) mass is 424 g/mol. The van der Waals surface area contributed by atoms with E-state index in [4.69, 9.17) is 27.7 Å². The number of aromatic nitrogens is 2. The van der Waals surface area contributed by atoms with E-state index in [0.717, 1.165) is 25.2 Å². The van der Waals surface area contributed by atoms with Gasteiger partial charge in [-0.15, -0.1) is 0 Å². The van der Waals surface area contributed by atoms with Crippen molar-refractivity contribution >= 4 is 29.1 Å². The topological polar surface area (TPSA) is 62.5 Å². The van der Waals surface area contributed by atoms with Gasteiger partial charge in [-0.25, -0.2) is 0 Å². The summed E-state index contributed by atoms with van der Waals surface area (Å²) in [6.07, 6.45) is 0.853. The fourth-order valence-electron chi connectivity index (χ4n) is 3.10. The molecule has 8 heteroatoms. The Kier molecular flexibility index (Phi) is 6.63. The molecule has 1 aliphatic heterocycles. The van der Waals surface area contributed by atoms with Crippen molar-refractivity contribution in [3.8, 4) is 0 Å². The van der Waals surface area contributed by atoms with Crippen LogP contribution in [0.2, 0.25) is 10.0 Å². The standard InChI is InChI=1S/C20H26Cl2N4O2/c1-20(2,3)19-23-16(28-24-19)7-8-17(27)26-11-9-25(10-12-26)13-14-5-4-6-15(21)18(14)22/h4-6H,7-13H2,1-3H3. The number of carbonyl (C=O) groups excluding carboxylic acids is 1. The summed E-state index contributed by atoms with van der Waals surface area (Å²) in [4.78, 5) is 21.1. The number of halogens is 2. The van der Waals surface area contributed by atoms with Crippen LogP contribution in [-0.2, 0) is 23.2 Å². The summed E-state index contributed by atoms with van der Waals surface area (Å²) in [6, 6.07) is 5.69. The molecule has 1 fully saturated rings. The first-order valence-electron chi connectivity index (χ1n) is 9.50. The van der Waals surface area contributed by atoms with Crippen molar-refractivity contribution in [2.24, 2.45) is 0 Å². The van der Waals surface area contributed by atoms with Crippen LogP contribution in [0.5, 0.6) is 0 Å². The summed E-state index contributed by atoms with van der Waals surface area (Å²) in [5.41, 5.74) is 0.855. The van der Waals surface area contributed by atoms with Gasteiger partial charge in [0.25, 0.3) is 0 Å². The first kappa shape index (κ1) is 21.1. The highest BCUT2D eigenvalue weighted by atomic mass is 35.5. The maximum Gasteiger partial charge on any atom is 0.227 e. The van der Waals surface area contributed by atoms with E-state index in [-0.39, 0.29) is 11.3 Å². The Hall–Kier alpha value is -1.63. The quantitative estimate of drug-likeness (QED) is 0.726. The molecule has 1 aromatic carbocycles. The van der Waals surface area contributed by atoms with E-state index in [0.29, 0.717) is 47.7 Å². The zero-order valence-electron chi connectivity index (χ0n) is 16.5. The van der Waals surface area contributed by atoms with Crippen molar-refractivity contribution in [3.05, 3.63) is 45.5 Å². The third-order valence-corrected chi connectivity index (χ3v) is 5.70. The van der Waals surface area contributed by atoms with Gasteiger partial charge in [0.15, 0.2) is 5.82 Å². The lowest BCUT2D eigenvalue weighted by atomic mass is 9.96. The summed E-state index contributed by atoms with van der Waals surface area (Å²) in [6.45, 7) is 9.85. The van der Waals surface area contributed by atoms with Crippen molar-refractivity contribution in [1.29, 1.82) is 0 Å². The van der Waals surface area contributed by atoms with Crippen molar-refractivity contribution in [3.63, 3.8) is 0 Å². The highest BCUT2D eigenvalue weighted by Crippen LogP contribution is 2.26. The van der Waals surface area contributed by atoms with Crippen LogP contribution >= 0.6 is 23.2 Å². The van der Waals surface area contributed by atoms with Crippen molar-refractivity contribution in [2.75, 3.05) is 26.2 Å². The Labute approximate surface area is 175 Å². The molecule has 2 heterocycles. The van der Waals surface area contributed by atoms with E-state index in [9.17, 15) is 4.79 Å². The highest BCUT2D eigenvalue weighted by Gasteiger charge is 2.24. The largest absolute Gasteiger partial charge is 0.340 e. The smallest absolute Gasteiger partial charge is 0.227 e. The SMILES string of the molecule is CC(C)(C)c1noc(CCC(=O)N2CCN(Cc3cccc(Cl)c3Cl)CC2)n1. The van der Waals surface area contributed by atoms with Crippen LogP contribution in [0.4, 0.5) is 0 Å². The van der Waals surface area contributed by atoms with Gasteiger partial charge in [0.05, 0.1) is 10.0 Å². The van der Waals surface area contributed by atoms with Gasteiger partial charge >= 0.3 is 0 Å². The molecule has 0 unspecified atom stereocenters. The van der Waals surface area contributed by atoms with E-state index in [1.807, 2.05) is 37.8 Å². The molecule has 0 spiro atoms. The summed E-state index contributed by atoms with van der Waals surface area (Å²) < 4.78 is 5.27. The Morgan fingerprint density at radius 1 is 1.18 bits per heavy atom. The maximum absolute atomic E-state index is 12.5. The molecule has 6 nitrogen and oxygen atoms in total. The molecule has 0 bridgehead atoms. The predicted octanol–water partition coefficient (Wildman–Crippen LogP) is 3.95. The highest BCUT2D eigenvalue weighted by molar-refractivity contribution is 6.42. The van der Waals surface area contributed by atoms with Crippen molar-refractivity contribution < 1.29 is 9.32 Å². The fourth-order valence-corrected chi connectivity index (χ4v) is 3.48. The Morgan fingerprint density at radius 2 is 1.89 bits per heavy atom. The first-order chi connectivity index (χ1) is 13.2. The molecule has 1 aromatic heterocycles. The van der Waals surface area contributed by atoms with Crippen LogP contribution in [0.1, 0.15) is 44.5 Å². The van der Waals surface area contributed by atoms with Crippen LogP contribution < -0.4 is 0 Å². The minimum absolute atomic E-state index is 0.121. The lowest BCUT2D eigenvalue weighted by molar-refractivity contribution is -0.133. The first-order valence-corrected chi connectivity index (χ1v) is 10.3. The Morgan fingerprint density at radius 3 is 2.54 bits per heavy atom. The lowest BCUT2D eigenvalue weighted by Gasteiger charge is -2.35. The molecule has 0 saturated carbocycles. The van der Waals surface area contributed by atoms with E-state index in [1.165, 1.54) is 0 Å². The van der Waals surface area contributed by atoms with Crippen LogP contribution in [0.3, 0.4) is 0 Å². The van der Waals surface area contributed by atoms with Crippen molar-refractivity contribution in [1.82, 2.24) is 19.9 Å². The number of hydrogen-bond acceptors (Lipinski definition) is 5. The third kappa shape index (κ3) is 5.25. The average Bonchev–Trinajstić information content (AvgIpc) is 3.14. The number of benzene rings is 1. The Bertz CT molecular complexity index is 824. The molecular formula is C20H26Cl2N4O2. The van der Waals surface area contributed by atoms with Gasteiger partial charge < -0.3 is 9.42 Å². The molecule has 3 rings (SSSR count). The van der Waals surface area contributed by atoms with Gasteiger partial charge in [0.2, 0.25) is 11.8 Å². The van der Waals surface area contributed by atoms with Crippen LogP contribution in [-0.4, -0.2) is 52.0 Å². The van der Waals surface area contributed by atoms with Gasteiger partial charge in [0.1, 0.15) is 0 Å². The normalized spacial score (nSPS) is 15.8. The molecule has 152 valence electrons. The number of piperazine rings is 1. The molecule has 1 amide bonds. The second kappa shape index (κ2) is 8.80. The van der Waals surface area contributed by atoms with Gasteiger partial charge in [-0.3, -0.25) is 9.69 Å². The fraction of sp³-hybridized carbons (Fsp3) is 0.550. The third-order valence-electron chi connectivity index (χ3n) is 4.84. The molecule has 0 atom stereocenters. The minimum Gasteiger partial charge on any atom is -0.340 e. The van der Waals surface area contributed by atoms with E-state index in [1.54, 1.807) is 6.07 Å². The second-order valence-electron chi connectivity index (χ2n) is 8.13. The maximum atomic E-state index is 12.5. The molecule has 1 aliphatic rings. The summed E-state index contributed by atoms with van der Waals surface area (Å²) in [5, 5.41) is 5.18. The van der Waals surface area contributed by atoms with E-state index >= 15 is 0 Å². The lowest BCUT2D eigenvalue weighted by Crippen LogP contribution is -2.48. The molecule has 0 radical (unpaired) electrons. The minimum atomic E-state index is -0.159. The van der Waals surface area contributed by atoms with Gasteiger partial charge in [-0.05, 0) is 11.6 Å². The van der Waals surface area contributed by atoms with Crippen LogP contribution in [0.15, 0.2) is 22.7 Å². The molecule has 2 aromatic rings. The van der Waals surface area contributed by atoms with E-state index in [2.05, 4.69) is 15.0 Å². The number of amides is 1. The molecule has 28 heavy (non-hydrogen) atoms. The summed E-state index contributed by atoms with van der Waals surface area (Å²) in [5.74, 6) is 1.31. The van der Waals surface area contributed by atoms with E-state index < -0.39 is 0 Å². The van der Waals surface area contributed by atoms with Crippen molar-refractivity contribution in [2.45, 2.75) is 45.6 Å². The summed E-state index contributed by atoms with van der Waals surface area (Å²) in [7, 11) is 0.